The minimum atomic E-state index is 0.890. The predicted molar refractivity (Wildman–Crippen MR) is 64.3 cm³/mol. The lowest BCUT2D eigenvalue weighted by atomic mass is 10.2. The van der Waals surface area contributed by atoms with Crippen LogP contribution in [0.3, 0.4) is 0 Å². The minimum Gasteiger partial charge on any atom is -0.355 e. The van der Waals surface area contributed by atoms with E-state index in [0.29, 0.717) is 0 Å². The van der Waals surface area contributed by atoms with Crippen LogP contribution in [-0.2, 0) is 13.0 Å². The largest absolute Gasteiger partial charge is 0.355 e. The molecule has 0 spiro atoms. The summed E-state index contributed by atoms with van der Waals surface area (Å²) in [6, 6.07) is 4.07. The fourth-order valence-electron chi connectivity index (χ4n) is 1.60. The average molecular weight is 216 g/mol. The first-order valence-electron chi connectivity index (χ1n) is 5.54. The lowest BCUT2D eigenvalue weighted by Gasteiger charge is -2.07. The zero-order chi connectivity index (χ0) is 11.2. The number of aromatic nitrogens is 3. The van der Waals surface area contributed by atoms with E-state index in [2.05, 4.69) is 26.8 Å². The smallest absolute Gasteiger partial charge is 0.202 e. The Morgan fingerprint density at radius 2 is 2.06 bits per heavy atom. The van der Waals surface area contributed by atoms with Crippen LogP contribution in [0.5, 0.6) is 0 Å². The van der Waals surface area contributed by atoms with E-state index in [0.717, 1.165) is 25.5 Å². The second-order valence-corrected chi connectivity index (χ2v) is 3.57. The molecule has 2 aromatic rings. The van der Waals surface area contributed by atoms with Crippen LogP contribution >= 0.6 is 0 Å². The van der Waals surface area contributed by atoms with Crippen LogP contribution in [0, 0.1) is 0 Å². The summed E-state index contributed by atoms with van der Waals surface area (Å²) in [5.41, 5.74) is 1.29. The number of rotatable bonds is 5. The van der Waals surface area contributed by atoms with E-state index in [1.54, 1.807) is 0 Å². The normalized spacial score (nSPS) is 10.3. The maximum Gasteiger partial charge on any atom is 0.202 e. The van der Waals surface area contributed by atoms with Crippen molar-refractivity contribution in [3.8, 4) is 0 Å². The van der Waals surface area contributed by atoms with Gasteiger partial charge in [-0.25, -0.2) is 4.98 Å². The molecule has 0 aromatic carbocycles. The molecule has 4 nitrogen and oxygen atoms in total. The number of nitrogens with one attached hydrogen (secondary N) is 1. The first-order chi connectivity index (χ1) is 7.90. The van der Waals surface area contributed by atoms with Crippen molar-refractivity contribution in [2.24, 2.45) is 0 Å². The highest BCUT2D eigenvalue weighted by Gasteiger charge is 1.99. The first-order valence-corrected chi connectivity index (χ1v) is 5.54. The van der Waals surface area contributed by atoms with Crippen LogP contribution in [0.1, 0.15) is 12.5 Å². The second kappa shape index (κ2) is 5.30. The Kier molecular flexibility index (Phi) is 3.53. The molecule has 0 aliphatic heterocycles. The molecule has 0 saturated carbocycles. The summed E-state index contributed by atoms with van der Waals surface area (Å²) in [5.74, 6) is 0.941. The number of anilines is 1. The molecule has 0 bridgehead atoms. The fraction of sp³-hybridized carbons (Fsp3) is 0.333. The van der Waals surface area contributed by atoms with E-state index in [1.165, 1.54) is 5.56 Å². The second-order valence-electron chi connectivity index (χ2n) is 3.57. The summed E-state index contributed by atoms with van der Waals surface area (Å²) in [6.45, 7) is 3.94. The van der Waals surface area contributed by atoms with Crippen molar-refractivity contribution >= 4 is 5.95 Å². The number of nitrogens with zero attached hydrogens (tertiary/aromatic N) is 3. The van der Waals surface area contributed by atoms with Crippen LogP contribution in [-0.4, -0.2) is 21.1 Å². The van der Waals surface area contributed by atoms with Gasteiger partial charge in [-0.15, -0.1) is 0 Å². The zero-order valence-corrected chi connectivity index (χ0v) is 9.43. The van der Waals surface area contributed by atoms with Crippen molar-refractivity contribution in [3.05, 3.63) is 42.5 Å². The monoisotopic (exact) mass is 216 g/mol. The average Bonchev–Trinajstić information content (AvgIpc) is 2.78. The SMILES string of the molecule is CCn1ccnc1NCCc1ccncc1. The minimum absolute atomic E-state index is 0.890. The van der Waals surface area contributed by atoms with Crippen molar-refractivity contribution < 1.29 is 0 Å². The molecule has 0 aliphatic carbocycles. The van der Waals surface area contributed by atoms with Gasteiger partial charge in [-0.3, -0.25) is 4.98 Å². The lowest BCUT2D eigenvalue weighted by Crippen LogP contribution is -2.09. The molecule has 0 fully saturated rings. The fourth-order valence-corrected chi connectivity index (χ4v) is 1.60. The molecule has 0 unspecified atom stereocenters. The van der Waals surface area contributed by atoms with Crippen molar-refractivity contribution in [1.29, 1.82) is 0 Å². The molecule has 2 heterocycles. The van der Waals surface area contributed by atoms with Gasteiger partial charge in [0.25, 0.3) is 0 Å². The molecule has 2 aromatic heterocycles. The molecular weight excluding hydrogens is 200 g/mol. The Bertz CT molecular complexity index is 422. The van der Waals surface area contributed by atoms with Gasteiger partial charge >= 0.3 is 0 Å². The number of pyridine rings is 1. The molecule has 0 atom stereocenters. The zero-order valence-electron chi connectivity index (χ0n) is 9.43. The van der Waals surface area contributed by atoms with Crippen LogP contribution in [0.2, 0.25) is 0 Å². The number of imidazole rings is 1. The summed E-state index contributed by atoms with van der Waals surface area (Å²) in [5, 5.41) is 3.32. The van der Waals surface area contributed by atoms with Crippen LogP contribution in [0.4, 0.5) is 5.95 Å². The van der Waals surface area contributed by atoms with Gasteiger partial charge in [0.2, 0.25) is 5.95 Å². The van der Waals surface area contributed by atoms with Crippen LogP contribution in [0.15, 0.2) is 36.9 Å². The van der Waals surface area contributed by atoms with Crippen molar-refractivity contribution in [1.82, 2.24) is 14.5 Å². The molecule has 84 valence electrons. The number of aryl methyl sites for hydroxylation is 1. The van der Waals surface area contributed by atoms with Gasteiger partial charge in [-0.05, 0) is 31.0 Å². The summed E-state index contributed by atoms with van der Waals surface area (Å²) >= 11 is 0. The van der Waals surface area contributed by atoms with Crippen molar-refractivity contribution in [2.75, 3.05) is 11.9 Å². The maximum absolute atomic E-state index is 4.26. The third kappa shape index (κ3) is 2.59. The topological polar surface area (TPSA) is 42.7 Å². The lowest BCUT2D eigenvalue weighted by molar-refractivity contribution is 0.762. The van der Waals surface area contributed by atoms with Gasteiger partial charge in [-0.2, -0.15) is 0 Å². The summed E-state index contributed by atoms with van der Waals surface area (Å²) < 4.78 is 2.09. The highest BCUT2D eigenvalue weighted by Crippen LogP contribution is 2.04. The molecule has 0 aliphatic rings. The highest BCUT2D eigenvalue weighted by atomic mass is 15.2. The Labute approximate surface area is 95.4 Å². The molecule has 4 heteroatoms. The van der Waals surface area contributed by atoms with Gasteiger partial charge in [0.1, 0.15) is 0 Å². The van der Waals surface area contributed by atoms with E-state index in [-0.39, 0.29) is 0 Å². The molecule has 2 rings (SSSR count). The molecule has 0 amide bonds. The Hall–Kier alpha value is -1.84. The van der Waals surface area contributed by atoms with Crippen molar-refractivity contribution in [3.63, 3.8) is 0 Å². The van der Waals surface area contributed by atoms with Gasteiger partial charge in [0.05, 0.1) is 0 Å². The van der Waals surface area contributed by atoms with Crippen molar-refractivity contribution in [2.45, 2.75) is 19.9 Å². The number of hydrogen-bond acceptors (Lipinski definition) is 3. The van der Waals surface area contributed by atoms with Gasteiger partial charge in [-0.1, -0.05) is 0 Å². The van der Waals surface area contributed by atoms with E-state index in [1.807, 2.05) is 36.9 Å². The van der Waals surface area contributed by atoms with Gasteiger partial charge < -0.3 is 9.88 Å². The third-order valence-corrected chi connectivity index (χ3v) is 2.50. The third-order valence-electron chi connectivity index (χ3n) is 2.50. The molecule has 16 heavy (non-hydrogen) atoms. The molecule has 0 saturated heterocycles. The predicted octanol–water partition coefficient (Wildman–Crippen LogP) is 1.95. The summed E-state index contributed by atoms with van der Waals surface area (Å²) in [4.78, 5) is 8.25. The Morgan fingerprint density at radius 1 is 1.25 bits per heavy atom. The maximum atomic E-state index is 4.26. The van der Waals surface area contributed by atoms with Crippen LogP contribution in [0.25, 0.3) is 0 Å². The first kappa shape index (κ1) is 10.7. The Morgan fingerprint density at radius 3 is 2.81 bits per heavy atom. The summed E-state index contributed by atoms with van der Waals surface area (Å²) in [6.07, 6.45) is 8.43. The summed E-state index contributed by atoms with van der Waals surface area (Å²) in [7, 11) is 0. The quantitative estimate of drug-likeness (QED) is 0.830. The van der Waals surface area contributed by atoms with E-state index in [4.69, 9.17) is 0 Å². The molecule has 0 radical (unpaired) electrons. The number of hydrogen-bond donors (Lipinski definition) is 1. The molecule has 1 N–H and O–H groups in total. The van der Waals surface area contributed by atoms with E-state index >= 15 is 0 Å². The molecular formula is C12H16N4. The van der Waals surface area contributed by atoms with Gasteiger partial charge in [0, 0.05) is 37.9 Å². The van der Waals surface area contributed by atoms with E-state index in [9.17, 15) is 0 Å². The van der Waals surface area contributed by atoms with Gasteiger partial charge in [0.15, 0.2) is 0 Å². The van der Waals surface area contributed by atoms with E-state index < -0.39 is 0 Å². The standard InChI is InChI=1S/C12H16N4/c1-2-16-10-9-15-12(16)14-8-5-11-3-6-13-7-4-11/h3-4,6-7,9-10H,2,5,8H2,1H3,(H,14,15). The Balaban J connectivity index is 1.85. The highest BCUT2D eigenvalue weighted by molar-refractivity contribution is 5.26. The van der Waals surface area contributed by atoms with Crippen LogP contribution < -0.4 is 5.32 Å².